The highest BCUT2D eigenvalue weighted by Crippen LogP contribution is 2.45. The minimum atomic E-state index is 0.288. The summed E-state index contributed by atoms with van der Waals surface area (Å²) in [6, 6.07) is 0.351. The van der Waals surface area contributed by atoms with Gasteiger partial charge in [-0.05, 0) is 30.1 Å². The van der Waals surface area contributed by atoms with Crippen molar-refractivity contribution in [1.82, 2.24) is 0 Å². The van der Waals surface area contributed by atoms with Crippen LogP contribution >= 0.6 is 0 Å². The van der Waals surface area contributed by atoms with E-state index in [9.17, 15) is 0 Å². The van der Waals surface area contributed by atoms with E-state index in [1.165, 1.54) is 6.42 Å². The van der Waals surface area contributed by atoms with Gasteiger partial charge in [-0.2, -0.15) is 0 Å². The van der Waals surface area contributed by atoms with Crippen LogP contribution < -0.4 is 5.73 Å². The Morgan fingerprint density at radius 3 is 2.38 bits per heavy atom. The lowest BCUT2D eigenvalue weighted by Crippen LogP contribution is -2.44. The second kappa shape index (κ2) is 3.58. The molecule has 0 aromatic rings. The van der Waals surface area contributed by atoms with Gasteiger partial charge in [0.15, 0.2) is 0 Å². The summed E-state index contributed by atoms with van der Waals surface area (Å²) < 4.78 is 5.27. The van der Waals surface area contributed by atoms with Crippen LogP contribution in [0.5, 0.6) is 0 Å². The Balaban J connectivity index is 2.66. The number of hydrogen-bond acceptors (Lipinski definition) is 2. The van der Waals surface area contributed by atoms with Gasteiger partial charge in [0.2, 0.25) is 0 Å². The molecule has 1 saturated carbocycles. The van der Waals surface area contributed by atoms with E-state index in [1.54, 1.807) is 7.11 Å². The predicted octanol–water partition coefficient (Wildman–Crippen LogP) is 2.18. The molecular formula is C11H23NO. The maximum Gasteiger partial charge on any atom is 0.0516 e. The topological polar surface area (TPSA) is 35.2 Å². The van der Waals surface area contributed by atoms with E-state index in [1.807, 2.05) is 0 Å². The Kier molecular flexibility index (Phi) is 3.03. The molecule has 0 aromatic heterocycles. The number of methoxy groups -OCH3 is 1. The first-order valence-electron chi connectivity index (χ1n) is 5.11. The van der Waals surface area contributed by atoms with Crippen LogP contribution in [-0.2, 0) is 4.74 Å². The molecule has 0 amide bonds. The van der Waals surface area contributed by atoms with Crippen molar-refractivity contribution in [3.8, 4) is 0 Å². The molecule has 1 rings (SSSR count). The molecule has 1 aliphatic carbocycles. The summed E-state index contributed by atoms with van der Waals surface area (Å²) >= 11 is 0. The van der Waals surface area contributed by atoms with E-state index in [4.69, 9.17) is 10.5 Å². The first-order valence-corrected chi connectivity index (χ1v) is 5.11. The van der Waals surface area contributed by atoms with E-state index >= 15 is 0 Å². The molecule has 13 heavy (non-hydrogen) atoms. The van der Waals surface area contributed by atoms with Gasteiger partial charge in [0.05, 0.1) is 6.61 Å². The van der Waals surface area contributed by atoms with E-state index in [0.717, 1.165) is 19.4 Å². The molecule has 0 bridgehead atoms. The third kappa shape index (κ3) is 2.96. The van der Waals surface area contributed by atoms with Gasteiger partial charge in [0.1, 0.15) is 0 Å². The quantitative estimate of drug-likeness (QED) is 0.715. The summed E-state index contributed by atoms with van der Waals surface area (Å²) in [4.78, 5) is 0. The van der Waals surface area contributed by atoms with Crippen molar-refractivity contribution < 1.29 is 4.74 Å². The summed E-state index contributed by atoms with van der Waals surface area (Å²) in [6.07, 6.45) is 3.47. The molecule has 0 aromatic carbocycles. The molecule has 2 heteroatoms. The van der Waals surface area contributed by atoms with Crippen molar-refractivity contribution in [2.24, 2.45) is 16.6 Å². The summed E-state index contributed by atoms with van der Waals surface area (Å²) in [7, 11) is 1.78. The first kappa shape index (κ1) is 11.0. The Morgan fingerprint density at radius 2 is 1.92 bits per heavy atom. The Morgan fingerprint density at radius 1 is 1.31 bits per heavy atom. The second-order valence-electron chi connectivity index (χ2n) is 5.75. The molecule has 0 spiro atoms. The minimum absolute atomic E-state index is 0.288. The Bertz CT molecular complexity index is 179. The zero-order chi connectivity index (χ0) is 10.1. The molecule has 0 radical (unpaired) electrons. The van der Waals surface area contributed by atoms with Crippen molar-refractivity contribution >= 4 is 0 Å². The maximum absolute atomic E-state index is 6.06. The fourth-order valence-electron chi connectivity index (χ4n) is 3.17. The summed E-state index contributed by atoms with van der Waals surface area (Å²) in [5, 5.41) is 0. The average Bonchev–Trinajstić information content (AvgIpc) is 1.78. The van der Waals surface area contributed by atoms with Gasteiger partial charge in [-0.25, -0.2) is 0 Å². The molecule has 1 fully saturated rings. The molecule has 2 nitrogen and oxygen atoms in total. The fourth-order valence-corrected chi connectivity index (χ4v) is 3.17. The summed E-state index contributed by atoms with van der Waals surface area (Å²) in [5.41, 5.74) is 6.73. The third-order valence-corrected chi connectivity index (χ3v) is 2.97. The summed E-state index contributed by atoms with van der Waals surface area (Å²) in [5.74, 6) is 0. The predicted molar refractivity (Wildman–Crippen MR) is 55.6 cm³/mol. The number of hydrogen-bond donors (Lipinski definition) is 1. The lowest BCUT2D eigenvalue weighted by Gasteiger charge is -2.45. The highest BCUT2D eigenvalue weighted by atomic mass is 16.5. The molecule has 2 atom stereocenters. The van der Waals surface area contributed by atoms with Gasteiger partial charge in [0, 0.05) is 13.2 Å². The van der Waals surface area contributed by atoms with E-state index in [0.29, 0.717) is 11.5 Å². The molecule has 0 aliphatic heterocycles. The highest BCUT2D eigenvalue weighted by Gasteiger charge is 2.39. The fraction of sp³-hybridized carbons (Fsp3) is 1.00. The van der Waals surface area contributed by atoms with Crippen LogP contribution in [-0.4, -0.2) is 19.8 Å². The van der Waals surface area contributed by atoms with E-state index in [-0.39, 0.29) is 5.41 Å². The third-order valence-electron chi connectivity index (χ3n) is 2.97. The molecule has 1 unspecified atom stereocenters. The van der Waals surface area contributed by atoms with Crippen LogP contribution in [0.1, 0.15) is 40.0 Å². The van der Waals surface area contributed by atoms with Crippen molar-refractivity contribution in [2.75, 3.05) is 13.7 Å². The number of nitrogens with two attached hydrogens (primary N) is 1. The van der Waals surface area contributed by atoms with Crippen LogP contribution in [0.3, 0.4) is 0 Å². The van der Waals surface area contributed by atoms with Crippen molar-refractivity contribution in [3.05, 3.63) is 0 Å². The zero-order valence-corrected chi connectivity index (χ0v) is 9.39. The van der Waals surface area contributed by atoms with Crippen LogP contribution in [0.4, 0.5) is 0 Å². The van der Waals surface area contributed by atoms with Gasteiger partial charge in [-0.1, -0.05) is 20.8 Å². The van der Waals surface area contributed by atoms with Gasteiger partial charge in [-0.15, -0.1) is 0 Å². The molecule has 0 heterocycles. The lowest BCUT2D eigenvalue weighted by molar-refractivity contribution is 0.0103. The molecule has 1 aliphatic rings. The Hall–Kier alpha value is -0.0800. The Labute approximate surface area is 81.8 Å². The minimum Gasteiger partial charge on any atom is -0.384 e. The lowest BCUT2D eigenvalue weighted by atomic mass is 9.63. The number of ether oxygens (including phenoxy) is 1. The smallest absolute Gasteiger partial charge is 0.0516 e. The normalized spacial score (nSPS) is 39.0. The maximum atomic E-state index is 6.06. The van der Waals surface area contributed by atoms with Crippen LogP contribution in [0, 0.1) is 10.8 Å². The van der Waals surface area contributed by atoms with Crippen LogP contribution in [0.2, 0.25) is 0 Å². The van der Waals surface area contributed by atoms with Crippen LogP contribution in [0.25, 0.3) is 0 Å². The molecule has 78 valence electrons. The van der Waals surface area contributed by atoms with Gasteiger partial charge in [-0.3, -0.25) is 0 Å². The zero-order valence-electron chi connectivity index (χ0n) is 9.39. The monoisotopic (exact) mass is 185 g/mol. The van der Waals surface area contributed by atoms with Gasteiger partial charge >= 0.3 is 0 Å². The van der Waals surface area contributed by atoms with Crippen molar-refractivity contribution in [2.45, 2.75) is 46.1 Å². The van der Waals surface area contributed by atoms with E-state index in [2.05, 4.69) is 20.8 Å². The first-order chi connectivity index (χ1) is 5.87. The second-order valence-corrected chi connectivity index (χ2v) is 5.75. The average molecular weight is 185 g/mol. The molecular weight excluding hydrogens is 162 g/mol. The number of rotatable bonds is 2. The summed E-state index contributed by atoms with van der Waals surface area (Å²) in [6.45, 7) is 7.74. The molecule has 0 saturated heterocycles. The van der Waals surface area contributed by atoms with Crippen LogP contribution in [0.15, 0.2) is 0 Å². The van der Waals surface area contributed by atoms with Crippen molar-refractivity contribution in [1.29, 1.82) is 0 Å². The highest BCUT2D eigenvalue weighted by molar-refractivity contribution is 4.92. The largest absolute Gasteiger partial charge is 0.384 e. The van der Waals surface area contributed by atoms with Gasteiger partial charge in [0.25, 0.3) is 0 Å². The van der Waals surface area contributed by atoms with Crippen molar-refractivity contribution in [3.63, 3.8) is 0 Å². The van der Waals surface area contributed by atoms with Gasteiger partial charge < -0.3 is 10.5 Å². The SMILES string of the molecule is COC[C@]1(C)CC(N)CC(C)(C)C1. The van der Waals surface area contributed by atoms with E-state index < -0.39 is 0 Å². The standard InChI is InChI=1S/C11H23NO/c1-10(2)5-9(12)6-11(3,7-10)8-13-4/h9H,5-8,12H2,1-4H3/t9?,11-/m1/s1. The molecule has 2 N–H and O–H groups in total.